The summed E-state index contributed by atoms with van der Waals surface area (Å²) in [6.07, 6.45) is 0. The number of aryl methyl sites for hydroxylation is 1. The molecule has 1 aromatic heterocycles. The smallest absolute Gasteiger partial charge is 0.0882 e. The molecule has 84 valence electrons. The second kappa shape index (κ2) is 3.84. The van der Waals surface area contributed by atoms with Crippen molar-refractivity contribution in [2.45, 2.75) is 40.0 Å². The van der Waals surface area contributed by atoms with Crippen molar-refractivity contribution < 1.29 is 0 Å². The van der Waals surface area contributed by atoms with Crippen LogP contribution in [0.15, 0.2) is 12.6 Å². The third-order valence-electron chi connectivity index (χ3n) is 2.67. The summed E-state index contributed by atoms with van der Waals surface area (Å²) in [4.78, 5) is 0. The van der Waals surface area contributed by atoms with Crippen molar-refractivity contribution in [1.82, 2.24) is 9.78 Å². The Morgan fingerprint density at radius 1 is 1.40 bits per heavy atom. The van der Waals surface area contributed by atoms with E-state index in [-0.39, 0.29) is 5.41 Å². The van der Waals surface area contributed by atoms with Crippen LogP contribution in [0.2, 0.25) is 0 Å². The lowest BCUT2D eigenvalue weighted by Crippen LogP contribution is -2.16. The first-order valence-corrected chi connectivity index (χ1v) is 5.47. The molecule has 2 nitrogen and oxygen atoms in total. The summed E-state index contributed by atoms with van der Waals surface area (Å²) in [5.74, 6) is 0.452. The number of hydrogen-bond donors (Lipinski definition) is 0. The summed E-state index contributed by atoms with van der Waals surface area (Å²) in [5, 5.41) is 4.52. The van der Waals surface area contributed by atoms with E-state index in [1.54, 1.807) is 0 Å². The molecule has 2 heteroatoms. The molecule has 0 aromatic carbocycles. The quantitative estimate of drug-likeness (QED) is 0.725. The van der Waals surface area contributed by atoms with Gasteiger partial charge in [-0.3, -0.25) is 4.68 Å². The van der Waals surface area contributed by atoms with Crippen molar-refractivity contribution in [3.8, 4) is 0 Å². The summed E-state index contributed by atoms with van der Waals surface area (Å²) in [6, 6.07) is 2.16. The molecule has 0 saturated carbocycles. The standard InChI is InChI=1S/C13H22N2/c1-9(2)10(3)11-8-12(13(4,5)6)15(7)14-11/h8-9H,3H2,1-2,4-7H3. The lowest BCUT2D eigenvalue weighted by Gasteiger charge is -2.17. The van der Waals surface area contributed by atoms with E-state index in [9.17, 15) is 0 Å². The highest BCUT2D eigenvalue weighted by Crippen LogP contribution is 2.26. The molecular weight excluding hydrogens is 184 g/mol. The average molecular weight is 206 g/mol. The Labute approximate surface area is 93.0 Å². The molecule has 0 aliphatic rings. The maximum atomic E-state index is 4.52. The van der Waals surface area contributed by atoms with Crippen LogP contribution in [-0.4, -0.2) is 9.78 Å². The van der Waals surface area contributed by atoms with E-state index in [1.165, 1.54) is 5.69 Å². The average Bonchev–Trinajstić information content (AvgIpc) is 2.44. The highest BCUT2D eigenvalue weighted by atomic mass is 15.3. The highest BCUT2D eigenvalue weighted by molar-refractivity contribution is 5.61. The van der Waals surface area contributed by atoms with Crippen LogP contribution in [0.5, 0.6) is 0 Å². The van der Waals surface area contributed by atoms with E-state index in [1.807, 2.05) is 11.7 Å². The van der Waals surface area contributed by atoms with Gasteiger partial charge in [-0.1, -0.05) is 41.2 Å². The molecule has 0 amide bonds. The Morgan fingerprint density at radius 2 is 1.93 bits per heavy atom. The second-order valence-electron chi connectivity index (χ2n) is 5.47. The van der Waals surface area contributed by atoms with Gasteiger partial charge in [-0.25, -0.2) is 0 Å². The van der Waals surface area contributed by atoms with Gasteiger partial charge in [-0.15, -0.1) is 0 Å². The van der Waals surface area contributed by atoms with Crippen LogP contribution in [0.3, 0.4) is 0 Å². The number of rotatable bonds is 2. The van der Waals surface area contributed by atoms with Gasteiger partial charge in [0.2, 0.25) is 0 Å². The van der Waals surface area contributed by atoms with E-state index in [0.29, 0.717) is 5.92 Å². The van der Waals surface area contributed by atoms with E-state index < -0.39 is 0 Å². The zero-order chi connectivity index (χ0) is 11.8. The normalized spacial score (nSPS) is 12.2. The van der Waals surface area contributed by atoms with Gasteiger partial charge in [0.25, 0.3) is 0 Å². The van der Waals surface area contributed by atoms with Crippen molar-refractivity contribution in [2.75, 3.05) is 0 Å². The summed E-state index contributed by atoms with van der Waals surface area (Å²) in [6.45, 7) is 15.0. The largest absolute Gasteiger partial charge is 0.272 e. The van der Waals surface area contributed by atoms with E-state index in [2.05, 4.69) is 52.4 Å². The van der Waals surface area contributed by atoms with Gasteiger partial charge >= 0.3 is 0 Å². The first-order chi connectivity index (χ1) is 6.73. The van der Waals surface area contributed by atoms with Crippen LogP contribution < -0.4 is 0 Å². The molecule has 0 N–H and O–H groups in total. The monoisotopic (exact) mass is 206 g/mol. The zero-order valence-corrected chi connectivity index (χ0v) is 10.8. The Kier molecular flexibility index (Phi) is 3.08. The highest BCUT2D eigenvalue weighted by Gasteiger charge is 2.20. The molecule has 0 atom stereocenters. The molecule has 0 unspecified atom stereocenters. The van der Waals surface area contributed by atoms with Crippen molar-refractivity contribution in [1.29, 1.82) is 0 Å². The number of hydrogen-bond acceptors (Lipinski definition) is 1. The van der Waals surface area contributed by atoms with Gasteiger partial charge in [-0.05, 0) is 17.6 Å². The molecule has 0 fully saturated rings. The predicted octanol–water partition coefficient (Wildman–Crippen LogP) is 3.39. The maximum Gasteiger partial charge on any atom is 0.0882 e. The third-order valence-corrected chi connectivity index (χ3v) is 2.67. The van der Waals surface area contributed by atoms with Crippen molar-refractivity contribution in [3.05, 3.63) is 24.0 Å². The summed E-state index contributed by atoms with van der Waals surface area (Å²) in [7, 11) is 2.00. The topological polar surface area (TPSA) is 17.8 Å². The molecular formula is C13H22N2. The van der Waals surface area contributed by atoms with Crippen LogP contribution >= 0.6 is 0 Å². The van der Waals surface area contributed by atoms with Crippen LogP contribution in [0.1, 0.15) is 46.0 Å². The van der Waals surface area contributed by atoms with Crippen LogP contribution in [0, 0.1) is 5.92 Å². The molecule has 15 heavy (non-hydrogen) atoms. The van der Waals surface area contributed by atoms with Gasteiger partial charge in [0.1, 0.15) is 0 Å². The minimum atomic E-state index is 0.136. The Balaban J connectivity index is 3.12. The van der Waals surface area contributed by atoms with Gasteiger partial charge < -0.3 is 0 Å². The Bertz CT molecular complexity index is 364. The van der Waals surface area contributed by atoms with Crippen LogP contribution in [-0.2, 0) is 12.5 Å². The molecule has 1 aromatic rings. The lowest BCUT2D eigenvalue weighted by molar-refractivity contribution is 0.523. The van der Waals surface area contributed by atoms with Crippen LogP contribution in [0.25, 0.3) is 5.57 Å². The number of aromatic nitrogens is 2. The van der Waals surface area contributed by atoms with Gasteiger partial charge in [-0.2, -0.15) is 5.10 Å². The fourth-order valence-electron chi connectivity index (χ4n) is 1.62. The summed E-state index contributed by atoms with van der Waals surface area (Å²) in [5.41, 5.74) is 3.52. The van der Waals surface area contributed by atoms with Gasteiger partial charge in [0, 0.05) is 18.2 Å². The fourth-order valence-corrected chi connectivity index (χ4v) is 1.62. The van der Waals surface area contributed by atoms with Crippen molar-refractivity contribution >= 4 is 5.57 Å². The van der Waals surface area contributed by atoms with Crippen molar-refractivity contribution in [2.24, 2.45) is 13.0 Å². The molecule has 0 aliphatic carbocycles. The number of nitrogens with zero attached hydrogens (tertiary/aromatic N) is 2. The second-order valence-corrected chi connectivity index (χ2v) is 5.47. The Hall–Kier alpha value is -1.05. The van der Waals surface area contributed by atoms with E-state index in [0.717, 1.165) is 11.3 Å². The Morgan fingerprint density at radius 3 is 2.27 bits per heavy atom. The zero-order valence-electron chi connectivity index (χ0n) is 10.8. The lowest BCUT2D eigenvalue weighted by atomic mass is 9.91. The molecule has 0 spiro atoms. The number of allylic oxidation sites excluding steroid dienone is 1. The van der Waals surface area contributed by atoms with Gasteiger partial charge in [0.15, 0.2) is 0 Å². The molecule has 0 radical (unpaired) electrons. The van der Waals surface area contributed by atoms with Gasteiger partial charge in [0.05, 0.1) is 5.69 Å². The van der Waals surface area contributed by atoms with Crippen molar-refractivity contribution in [3.63, 3.8) is 0 Å². The first-order valence-electron chi connectivity index (χ1n) is 5.47. The van der Waals surface area contributed by atoms with Crippen LogP contribution in [0.4, 0.5) is 0 Å². The predicted molar refractivity (Wildman–Crippen MR) is 65.8 cm³/mol. The summed E-state index contributed by atoms with van der Waals surface area (Å²) < 4.78 is 1.96. The molecule has 0 aliphatic heterocycles. The van der Waals surface area contributed by atoms with E-state index in [4.69, 9.17) is 0 Å². The minimum absolute atomic E-state index is 0.136. The summed E-state index contributed by atoms with van der Waals surface area (Å²) >= 11 is 0. The SMILES string of the molecule is C=C(c1cc(C(C)(C)C)n(C)n1)C(C)C. The van der Waals surface area contributed by atoms with E-state index >= 15 is 0 Å². The third kappa shape index (κ3) is 2.49. The first kappa shape index (κ1) is 12.0. The molecule has 1 heterocycles. The maximum absolute atomic E-state index is 4.52. The molecule has 0 bridgehead atoms. The minimum Gasteiger partial charge on any atom is -0.272 e. The fraction of sp³-hybridized carbons (Fsp3) is 0.615. The molecule has 1 rings (SSSR count). The molecule has 0 saturated heterocycles.